The Balaban J connectivity index is 1.64. The van der Waals surface area contributed by atoms with Crippen molar-refractivity contribution in [2.75, 3.05) is 6.54 Å². The fourth-order valence-electron chi connectivity index (χ4n) is 4.11. The molecule has 0 radical (unpaired) electrons. The maximum atomic E-state index is 12.3. The second-order valence-corrected chi connectivity index (χ2v) is 8.03. The van der Waals surface area contributed by atoms with Crippen LogP contribution in [0.4, 0.5) is 0 Å². The van der Waals surface area contributed by atoms with Gasteiger partial charge in [-0.3, -0.25) is 4.79 Å². The van der Waals surface area contributed by atoms with E-state index in [9.17, 15) is 4.79 Å². The van der Waals surface area contributed by atoms with Gasteiger partial charge in [0.25, 0.3) is 0 Å². The van der Waals surface area contributed by atoms with E-state index in [4.69, 9.17) is 4.98 Å². The Bertz CT molecular complexity index is 772. The lowest BCUT2D eigenvalue weighted by atomic mass is 9.89. The third-order valence-electron chi connectivity index (χ3n) is 5.74. The molecule has 5 heteroatoms. The van der Waals surface area contributed by atoms with Gasteiger partial charge in [0.05, 0.1) is 6.20 Å². The number of aryl methyl sites for hydroxylation is 2. The molecule has 0 aromatic carbocycles. The number of carbonyl (C=O) groups excluding carboxylic acids is 1. The zero-order valence-electron chi connectivity index (χ0n) is 16.6. The summed E-state index contributed by atoms with van der Waals surface area (Å²) in [5, 5.41) is 8.73. The molecule has 1 amide bonds. The summed E-state index contributed by atoms with van der Waals surface area (Å²) < 4.78 is 1.97. The highest BCUT2D eigenvalue weighted by molar-refractivity contribution is 5.81. The third kappa shape index (κ3) is 4.08. The van der Waals surface area contributed by atoms with Gasteiger partial charge >= 0.3 is 0 Å². The number of fused-ring (bicyclic) bond motifs is 1. The van der Waals surface area contributed by atoms with Crippen molar-refractivity contribution < 1.29 is 4.79 Å². The van der Waals surface area contributed by atoms with Gasteiger partial charge in [0, 0.05) is 30.1 Å². The Morgan fingerprint density at radius 2 is 2.00 bits per heavy atom. The highest BCUT2D eigenvalue weighted by Crippen LogP contribution is 2.25. The molecule has 1 N–H and O–H groups in total. The van der Waals surface area contributed by atoms with Gasteiger partial charge in [-0.05, 0) is 64.0 Å². The van der Waals surface area contributed by atoms with Crippen LogP contribution in [0.15, 0.2) is 6.20 Å². The number of rotatable bonds is 6. The van der Waals surface area contributed by atoms with Crippen molar-refractivity contribution in [2.24, 2.45) is 5.92 Å². The molecule has 1 fully saturated rings. The topological polar surface area (TPSA) is 59.8 Å². The average Bonchev–Trinajstić information content (AvgIpc) is 3.04. The minimum atomic E-state index is 0.160. The van der Waals surface area contributed by atoms with Crippen molar-refractivity contribution in [3.8, 4) is 0 Å². The lowest BCUT2D eigenvalue weighted by molar-refractivity contribution is -0.121. The number of pyridine rings is 1. The third-order valence-corrected chi connectivity index (χ3v) is 5.74. The van der Waals surface area contributed by atoms with Gasteiger partial charge in [-0.15, -0.1) is 0 Å². The number of aromatic nitrogens is 3. The van der Waals surface area contributed by atoms with E-state index in [1.807, 2.05) is 17.8 Å². The number of nitrogens with one attached hydrogen (secondary N) is 1. The van der Waals surface area contributed by atoms with Crippen LogP contribution in [0, 0.1) is 19.8 Å². The number of carbonyl (C=O) groups is 1. The lowest BCUT2D eigenvalue weighted by Gasteiger charge is -2.21. The summed E-state index contributed by atoms with van der Waals surface area (Å²) in [6.07, 6.45) is 9.68. The zero-order valence-corrected chi connectivity index (χ0v) is 16.6. The molecule has 0 bridgehead atoms. The van der Waals surface area contributed by atoms with E-state index >= 15 is 0 Å². The molecule has 5 nitrogen and oxygen atoms in total. The molecular weight excluding hydrogens is 324 g/mol. The predicted octanol–water partition coefficient (Wildman–Crippen LogP) is 4.26. The van der Waals surface area contributed by atoms with Crippen molar-refractivity contribution in [1.29, 1.82) is 0 Å². The molecule has 1 saturated carbocycles. The van der Waals surface area contributed by atoms with Crippen LogP contribution >= 0.6 is 0 Å². The smallest absolute Gasteiger partial charge is 0.220 e. The minimum absolute atomic E-state index is 0.160. The van der Waals surface area contributed by atoms with Crippen LogP contribution in [0.3, 0.4) is 0 Å². The molecule has 2 aromatic heterocycles. The van der Waals surface area contributed by atoms with E-state index in [2.05, 4.69) is 31.2 Å². The highest BCUT2D eigenvalue weighted by Gasteiger charge is 2.17. The molecule has 2 heterocycles. The maximum Gasteiger partial charge on any atom is 0.220 e. The molecule has 1 aliphatic rings. The fourth-order valence-corrected chi connectivity index (χ4v) is 4.11. The number of amides is 1. The number of nitrogens with zero attached hydrogens (tertiary/aromatic N) is 3. The summed E-state index contributed by atoms with van der Waals surface area (Å²) in [5.74, 6) is 0.836. The van der Waals surface area contributed by atoms with Crippen molar-refractivity contribution in [3.05, 3.63) is 23.0 Å². The Kier molecular flexibility index (Phi) is 5.94. The van der Waals surface area contributed by atoms with Crippen LogP contribution in [-0.2, 0) is 11.2 Å². The first kappa shape index (κ1) is 18.9. The molecule has 0 saturated heterocycles. The SMILES string of the molecule is Cc1nc2c(cnn2C(C)C)c(C)c1CCC(=O)NCC1CCCCC1. The van der Waals surface area contributed by atoms with Crippen molar-refractivity contribution in [1.82, 2.24) is 20.1 Å². The van der Waals surface area contributed by atoms with E-state index < -0.39 is 0 Å². The molecule has 2 aromatic rings. The van der Waals surface area contributed by atoms with Gasteiger partial charge in [0.15, 0.2) is 5.65 Å². The quantitative estimate of drug-likeness (QED) is 0.841. The molecule has 1 aliphatic carbocycles. The monoisotopic (exact) mass is 356 g/mol. The molecule has 26 heavy (non-hydrogen) atoms. The van der Waals surface area contributed by atoms with Crippen LogP contribution in [0.25, 0.3) is 11.0 Å². The molecule has 0 spiro atoms. The van der Waals surface area contributed by atoms with Gasteiger partial charge < -0.3 is 5.32 Å². The summed E-state index contributed by atoms with van der Waals surface area (Å²) in [6.45, 7) is 9.24. The van der Waals surface area contributed by atoms with E-state index in [1.54, 1.807) is 0 Å². The maximum absolute atomic E-state index is 12.3. The van der Waals surface area contributed by atoms with Crippen LogP contribution in [0.1, 0.15) is 75.2 Å². The summed E-state index contributed by atoms with van der Waals surface area (Å²) in [6, 6.07) is 0.287. The van der Waals surface area contributed by atoms with Crippen LogP contribution in [0.5, 0.6) is 0 Å². The molecular formula is C21H32N4O. The number of hydrogen-bond donors (Lipinski definition) is 1. The second-order valence-electron chi connectivity index (χ2n) is 8.03. The van der Waals surface area contributed by atoms with Crippen molar-refractivity contribution in [3.63, 3.8) is 0 Å². The van der Waals surface area contributed by atoms with Gasteiger partial charge in [0.2, 0.25) is 5.91 Å². The first-order chi connectivity index (χ1) is 12.5. The van der Waals surface area contributed by atoms with E-state index in [0.29, 0.717) is 12.3 Å². The number of hydrogen-bond acceptors (Lipinski definition) is 3. The van der Waals surface area contributed by atoms with Crippen LogP contribution in [0.2, 0.25) is 0 Å². The van der Waals surface area contributed by atoms with Crippen LogP contribution < -0.4 is 5.32 Å². The lowest BCUT2D eigenvalue weighted by Crippen LogP contribution is -2.30. The first-order valence-electron chi connectivity index (χ1n) is 10.1. The average molecular weight is 357 g/mol. The molecule has 3 rings (SSSR count). The summed E-state index contributed by atoms with van der Waals surface area (Å²) in [5.41, 5.74) is 4.35. The Morgan fingerprint density at radius 3 is 2.69 bits per heavy atom. The standard InChI is InChI=1S/C21H32N4O/c1-14(2)25-21-19(13-23-25)15(3)18(16(4)24-21)10-11-20(26)22-12-17-8-6-5-7-9-17/h13-14,17H,5-12H2,1-4H3,(H,22,26). The Hall–Kier alpha value is -1.91. The van der Waals surface area contributed by atoms with Gasteiger partial charge in [-0.1, -0.05) is 19.3 Å². The van der Waals surface area contributed by atoms with Gasteiger partial charge in [-0.2, -0.15) is 5.10 Å². The van der Waals surface area contributed by atoms with Crippen molar-refractivity contribution in [2.45, 2.75) is 78.7 Å². The summed E-state index contributed by atoms with van der Waals surface area (Å²) >= 11 is 0. The van der Waals surface area contributed by atoms with E-state index in [0.717, 1.165) is 29.7 Å². The summed E-state index contributed by atoms with van der Waals surface area (Å²) in [7, 11) is 0. The second kappa shape index (κ2) is 8.19. The largest absolute Gasteiger partial charge is 0.356 e. The Labute approximate surface area is 156 Å². The van der Waals surface area contributed by atoms with Crippen LogP contribution in [-0.4, -0.2) is 27.2 Å². The first-order valence-corrected chi connectivity index (χ1v) is 10.1. The molecule has 142 valence electrons. The van der Waals surface area contributed by atoms with Gasteiger partial charge in [-0.25, -0.2) is 9.67 Å². The zero-order chi connectivity index (χ0) is 18.7. The molecule has 0 atom stereocenters. The van der Waals surface area contributed by atoms with E-state index in [-0.39, 0.29) is 11.9 Å². The van der Waals surface area contributed by atoms with Gasteiger partial charge in [0.1, 0.15) is 0 Å². The van der Waals surface area contributed by atoms with E-state index in [1.165, 1.54) is 43.2 Å². The fraction of sp³-hybridized carbons (Fsp3) is 0.667. The molecule has 0 unspecified atom stereocenters. The minimum Gasteiger partial charge on any atom is -0.356 e. The predicted molar refractivity (Wildman–Crippen MR) is 105 cm³/mol. The normalized spacial score (nSPS) is 15.7. The van der Waals surface area contributed by atoms with Crippen molar-refractivity contribution >= 4 is 16.9 Å². The summed E-state index contributed by atoms with van der Waals surface area (Å²) in [4.78, 5) is 17.1. The Morgan fingerprint density at radius 1 is 1.27 bits per heavy atom. The molecule has 0 aliphatic heterocycles. The highest BCUT2D eigenvalue weighted by atomic mass is 16.1.